The van der Waals surface area contributed by atoms with E-state index in [1.165, 1.54) is 11.8 Å². The van der Waals surface area contributed by atoms with E-state index in [-0.39, 0.29) is 11.2 Å². The number of carbonyl (C=O) groups excluding carboxylic acids is 1. The van der Waals surface area contributed by atoms with Crippen molar-refractivity contribution in [2.24, 2.45) is 0 Å². The monoisotopic (exact) mass is 422 g/mol. The molecule has 1 fully saturated rings. The molecule has 1 aliphatic heterocycles. The number of hydrogen-bond donors (Lipinski definition) is 1. The summed E-state index contributed by atoms with van der Waals surface area (Å²) in [5, 5.41) is 4.53. The summed E-state index contributed by atoms with van der Waals surface area (Å²) in [4.78, 5) is 24.7. The van der Waals surface area contributed by atoms with Crippen LogP contribution in [0.5, 0.6) is 0 Å². The highest BCUT2D eigenvalue weighted by Gasteiger charge is 2.19. The number of benzene rings is 2. The van der Waals surface area contributed by atoms with Crippen molar-refractivity contribution in [2.75, 3.05) is 31.6 Å². The van der Waals surface area contributed by atoms with Crippen LogP contribution in [0.15, 0.2) is 53.6 Å². The second kappa shape index (κ2) is 9.55. The Morgan fingerprint density at radius 1 is 1.17 bits per heavy atom. The van der Waals surface area contributed by atoms with Crippen molar-refractivity contribution >= 4 is 34.3 Å². The van der Waals surface area contributed by atoms with Gasteiger partial charge in [0.15, 0.2) is 0 Å². The van der Waals surface area contributed by atoms with Gasteiger partial charge < -0.3 is 10.1 Å². The SMILES string of the molecule is Cc1cccc(NC(=O)C(C)Sc2nc(CN3CCOCC3)nc3ccccc23)c1. The Balaban J connectivity index is 1.53. The molecule has 0 radical (unpaired) electrons. The van der Waals surface area contributed by atoms with Crippen molar-refractivity contribution in [1.82, 2.24) is 14.9 Å². The molecule has 0 aliphatic carbocycles. The molecule has 2 aromatic carbocycles. The molecule has 1 saturated heterocycles. The lowest BCUT2D eigenvalue weighted by atomic mass is 10.2. The van der Waals surface area contributed by atoms with Crippen molar-refractivity contribution in [2.45, 2.75) is 30.7 Å². The Kier molecular flexibility index (Phi) is 6.62. The normalized spacial score (nSPS) is 15.8. The highest BCUT2D eigenvalue weighted by Crippen LogP contribution is 2.29. The van der Waals surface area contributed by atoms with E-state index in [9.17, 15) is 4.79 Å². The molecule has 0 bridgehead atoms. The molecule has 1 aromatic heterocycles. The number of fused-ring (bicyclic) bond motifs is 1. The van der Waals surface area contributed by atoms with Crippen LogP contribution in [0.4, 0.5) is 5.69 Å². The van der Waals surface area contributed by atoms with Crippen LogP contribution >= 0.6 is 11.8 Å². The lowest BCUT2D eigenvalue weighted by Gasteiger charge is -2.26. The summed E-state index contributed by atoms with van der Waals surface area (Å²) in [6, 6.07) is 15.8. The lowest BCUT2D eigenvalue weighted by molar-refractivity contribution is -0.115. The molecular weight excluding hydrogens is 396 g/mol. The molecule has 1 unspecified atom stereocenters. The maximum atomic E-state index is 12.8. The molecule has 30 heavy (non-hydrogen) atoms. The van der Waals surface area contributed by atoms with Crippen molar-refractivity contribution < 1.29 is 9.53 Å². The van der Waals surface area contributed by atoms with Crippen LogP contribution in [0.3, 0.4) is 0 Å². The number of hydrogen-bond acceptors (Lipinski definition) is 6. The number of carbonyl (C=O) groups is 1. The van der Waals surface area contributed by atoms with E-state index in [0.717, 1.165) is 59.3 Å². The van der Waals surface area contributed by atoms with E-state index < -0.39 is 0 Å². The van der Waals surface area contributed by atoms with Gasteiger partial charge in [-0.05, 0) is 37.6 Å². The van der Waals surface area contributed by atoms with E-state index in [2.05, 4.69) is 10.2 Å². The zero-order valence-electron chi connectivity index (χ0n) is 17.3. The van der Waals surface area contributed by atoms with Crippen molar-refractivity contribution in [1.29, 1.82) is 0 Å². The molecule has 3 aromatic rings. The average Bonchev–Trinajstić information content (AvgIpc) is 2.74. The maximum Gasteiger partial charge on any atom is 0.237 e. The molecule has 156 valence electrons. The Bertz CT molecular complexity index is 1040. The van der Waals surface area contributed by atoms with Crippen molar-refractivity contribution in [3.63, 3.8) is 0 Å². The standard InChI is InChI=1S/C23H26N4O2S/c1-16-6-5-7-18(14-16)24-22(28)17(2)30-23-19-8-3-4-9-20(19)25-21(26-23)15-27-10-12-29-13-11-27/h3-9,14,17H,10-13,15H2,1-2H3,(H,24,28). The number of aromatic nitrogens is 2. The molecule has 7 heteroatoms. The summed E-state index contributed by atoms with van der Waals surface area (Å²) < 4.78 is 5.44. The first kappa shape index (κ1) is 20.8. The van der Waals surface area contributed by atoms with Gasteiger partial charge in [-0.2, -0.15) is 0 Å². The third-order valence-corrected chi connectivity index (χ3v) is 6.13. The quantitative estimate of drug-likeness (QED) is 0.480. The van der Waals surface area contributed by atoms with Crippen LogP contribution in [-0.4, -0.2) is 52.3 Å². The fourth-order valence-electron chi connectivity index (χ4n) is 3.40. The maximum absolute atomic E-state index is 12.8. The van der Waals surface area contributed by atoms with E-state index in [1.807, 2.05) is 62.4 Å². The number of rotatable bonds is 6. The van der Waals surface area contributed by atoms with Crippen LogP contribution in [0.1, 0.15) is 18.3 Å². The number of anilines is 1. The van der Waals surface area contributed by atoms with Gasteiger partial charge in [-0.15, -0.1) is 0 Å². The Morgan fingerprint density at radius 3 is 2.77 bits per heavy atom. The molecule has 1 aliphatic rings. The van der Waals surface area contributed by atoms with E-state index >= 15 is 0 Å². The molecule has 4 rings (SSSR count). The number of morpholine rings is 1. The van der Waals surface area contributed by atoms with Crippen LogP contribution in [0.2, 0.25) is 0 Å². The van der Waals surface area contributed by atoms with Gasteiger partial charge in [0.25, 0.3) is 0 Å². The third-order valence-electron chi connectivity index (χ3n) is 5.03. The molecule has 1 atom stereocenters. The van der Waals surface area contributed by atoms with Gasteiger partial charge in [0.1, 0.15) is 10.9 Å². The number of para-hydroxylation sites is 1. The number of amides is 1. The molecule has 1 amide bonds. The smallest absolute Gasteiger partial charge is 0.237 e. The predicted octanol–water partition coefficient (Wildman–Crippen LogP) is 3.89. The Hall–Kier alpha value is -2.48. The first-order valence-electron chi connectivity index (χ1n) is 10.2. The second-order valence-electron chi connectivity index (χ2n) is 7.47. The summed E-state index contributed by atoms with van der Waals surface area (Å²) >= 11 is 1.47. The molecule has 1 N–H and O–H groups in total. The number of aryl methyl sites for hydroxylation is 1. The van der Waals surface area contributed by atoms with E-state index in [4.69, 9.17) is 14.7 Å². The topological polar surface area (TPSA) is 67.4 Å². The second-order valence-corrected chi connectivity index (χ2v) is 8.80. The van der Waals surface area contributed by atoms with Crippen LogP contribution in [0, 0.1) is 6.92 Å². The summed E-state index contributed by atoms with van der Waals surface area (Å²) in [6.45, 7) is 7.86. The minimum Gasteiger partial charge on any atom is -0.379 e. The van der Waals surface area contributed by atoms with Gasteiger partial charge in [-0.3, -0.25) is 9.69 Å². The van der Waals surface area contributed by atoms with Crippen LogP contribution in [0.25, 0.3) is 10.9 Å². The predicted molar refractivity (Wildman–Crippen MR) is 121 cm³/mol. The Morgan fingerprint density at radius 2 is 1.97 bits per heavy atom. The average molecular weight is 423 g/mol. The minimum absolute atomic E-state index is 0.0389. The lowest BCUT2D eigenvalue weighted by Crippen LogP contribution is -2.36. The molecular formula is C23H26N4O2S. The fraction of sp³-hybridized carbons (Fsp3) is 0.348. The Labute approximate surface area is 181 Å². The largest absolute Gasteiger partial charge is 0.379 e. The highest BCUT2D eigenvalue weighted by molar-refractivity contribution is 8.00. The van der Waals surface area contributed by atoms with Gasteiger partial charge in [-0.25, -0.2) is 9.97 Å². The minimum atomic E-state index is -0.292. The van der Waals surface area contributed by atoms with Crippen LogP contribution in [-0.2, 0) is 16.1 Å². The van der Waals surface area contributed by atoms with Gasteiger partial charge in [0.2, 0.25) is 5.91 Å². The zero-order valence-corrected chi connectivity index (χ0v) is 18.1. The summed E-state index contributed by atoms with van der Waals surface area (Å²) in [5.41, 5.74) is 2.83. The van der Waals surface area contributed by atoms with E-state index in [1.54, 1.807) is 0 Å². The number of nitrogens with zero attached hydrogens (tertiary/aromatic N) is 3. The first-order chi connectivity index (χ1) is 14.6. The van der Waals surface area contributed by atoms with Gasteiger partial charge >= 0.3 is 0 Å². The van der Waals surface area contributed by atoms with E-state index in [0.29, 0.717) is 6.54 Å². The number of nitrogens with one attached hydrogen (secondary N) is 1. The summed E-state index contributed by atoms with van der Waals surface area (Å²) in [6.07, 6.45) is 0. The van der Waals surface area contributed by atoms with Gasteiger partial charge in [-0.1, -0.05) is 42.1 Å². The van der Waals surface area contributed by atoms with Crippen molar-refractivity contribution in [3.05, 3.63) is 59.9 Å². The van der Waals surface area contributed by atoms with Crippen LogP contribution < -0.4 is 5.32 Å². The third kappa shape index (κ3) is 5.16. The fourth-order valence-corrected chi connectivity index (χ4v) is 4.36. The molecule has 6 nitrogen and oxygen atoms in total. The summed E-state index contributed by atoms with van der Waals surface area (Å²) in [5.74, 6) is 0.743. The molecule has 0 saturated carbocycles. The van der Waals surface area contributed by atoms with Gasteiger partial charge in [0, 0.05) is 24.2 Å². The molecule has 2 heterocycles. The number of thioether (sulfide) groups is 1. The molecule has 0 spiro atoms. The summed E-state index contributed by atoms with van der Waals surface area (Å²) in [7, 11) is 0. The van der Waals surface area contributed by atoms with Gasteiger partial charge in [0.05, 0.1) is 30.5 Å². The first-order valence-corrected chi connectivity index (χ1v) is 11.1. The number of ether oxygens (including phenoxy) is 1. The highest BCUT2D eigenvalue weighted by atomic mass is 32.2. The zero-order chi connectivity index (χ0) is 20.9. The van der Waals surface area contributed by atoms with Crippen molar-refractivity contribution in [3.8, 4) is 0 Å².